The number of hydrogen-bond donors (Lipinski definition) is 5. The summed E-state index contributed by atoms with van der Waals surface area (Å²) in [5.74, 6) is -9.75. The molecule has 0 spiro atoms. The van der Waals surface area contributed by atoms with Gasteiger partial charge in [0.15, 0.2) is 0 Å². The van der Waals surface area contributed by atoms with E-state index in [1.807, 2.05) is 67.5 Å². The van der Waals surface area contributed by atoms with Crippen LogP contribution in [0.4, 0.5) is 0 Å². The van der Waals surface area contributed by atoms with Crippen molar-refractivity contribution in [3.8, 4) is 0 Å². The number of amides is 11. The molecule has 1 fully saturated rings. The summed E-state index contributed by atoms with van der Waals surface area (Å²) < 4.78 is 0. The van der Waals surface area contributed by atoms with Gasteiger partial charge in [0.05, 0.1) is 12.6 Å². The Morgan fingerprint density at radius 2 is 0.897 bits per heavy atom. The summed E-state index contributed by atoms with van der Waals surface area (Å²) in [6.07, 6.45) is 3.90. The number of likely N-dealkylation sites (N-methyl/N-ethyl adjacent to an activating group) is 7. The number of alkyl halides is 1. The Hall–Kier alpha value is -5.65. The van der Waals surface area contributed by atoms with E-state index in [0.717, 1.165) is 9.80 Å². The summed E-state index contributed by atoms with van der Waals surface area (Å²) in [7, 11) is 9.93. The Morgan fingerprint density at radius 3 is 1.36 bits per heavy atom. The van der Waals surface area contributed by atoms with E-state index in [-0.39, 0.29) is 55.8 Å². The highest BCUT2D eigenvalue weighted by molar-refractivity contribution is 9.09. The molecular weight excluding hydrogens is 1180 g/mol. The third-order valence-electron chi connectivity index (χ3n) is 16.3. The third kappa shape index (κ3) is 23.0. The molecule has 0 aromatic heterocycles. The zero-order valence-corrected chi connectivity index (χ0v) is 58.4. The maximum absolute atomic E-state index is 15.2. The number of halogens is 1. The molecule has 1 heterocycles. The molecule has 1 rings (SSSR count). The number of nitrogens with zero attached hydrogens (tertiary/aromatic N) is 7. The fraction of sp³-hybridized carbons (Fsp3) is 0.794. The SMILES string of the molecule is CC[C@@H]1NC(=O)[C@H]([C@H](O)[C@H](C)C/C=C/CCBr)N(C)C(=O)[C@H](C(C)C)N(C)C(=O)[C@H](CC(C)C)N(C)C(=O)[C@H](CC(C)C)N(C)C(=O)[C@@H](C)NC(=O)[C@H](C)NC(=O)[C@H](CC(C)C)N(C)C(=O)[C@H](C(C)C)NC(=O)[C@H](CC(C)C)N(C)C(=O)CN(C)C1=O. The number of carbonyl (C=O) groups excluding carboxylic acids is 11. The molecule has 23 nitrogen and oxygen atoms in total. The Balaban J connectivity index is 4.34. The number of hydrogen-bond acceptors (Lipinski definition) is 12. The van der Waals surface area contributed by atoms with Crippen molar-refractivity contribution in [1.29, 1.82) is 0 Å². The molecule has 0 unspecified atom stereocenters. The summed E-state index contributed by atoms with van der Waals surface area (Å²) in [6, 6.07) is -12.4. The van der Waals surface area contributed by atoms with E-state index in [0.29, 0.717) is 18.2 Å². The van der Waals surface area contributed by atoms with Crippen LogP contribution < -0.4 is 21.3 Å². The van der Waals surface area contributed by atoms with Crippen LogP contribution in [0.5, 0.6) is 0 Å². The molecule has 1 aliphatic rings. The van der Waals surface area contributed by atoms with Gasteiger partial charge in [0.2, 0.25) is 65.0 Å². The lowest BCUT2D eigenvalue weighted by Gasteiger charge is -2.41. The van der Waals surface area contributed by atoms with Crippen LogP contribution in [0.2, 0.25) is 0 Å². The summed E-state index contributed by atoms with van der Waals surface area (Å²) >= 11 is 3.41. The lowest BCUT2D eigenvalue weighted by atomic mass is 9.91. The standard InChI is InChI=1S/C63H112BrN11O12/c1-24-44-59(83)69(17)34-49(76)70(18)45(30-35(2)3)56(80)68-50(39(10)11)62(86)71(19)46(31-36(4)5)55(79)65-42(15)54(78)66-43(16)58(82)72(20)47(32-37(6)7)60(84)73(21)48(33-38(8)9)61(85)74(22)51(40(12)13)63(87)75(23)52(57(81)67-44)53(77)41(14)28-26-25-27-29-64/h25-26,35-48,50-53,77H,24,27-34H2,1-23H3,(H,65,79)(H,66,78)(H,67,81)(H,68,80)/b26-25+/t41-,42+,43-,44+,45+,46+,47+,48+,50+,51+,52+,53-/m1/s1. The average molecular weight is 1300 g/mol. The molecule has 0 radical (unpaired) electrons. The molecule has 24 heteroatoms. The summed E-state index contributed by atoms with van der Waals surface area (Å²) in [5.41, 5.74) is 0. The zero-order chi connectivity index (χ0) is 67.4. The molecule has 0 saturated carbocycles. The molecule has 0 aromatic rings. The van der Waals surface area contributed by atoms with E-state index in [4.69, 9.17) is 0 Å². The molecule has 5 N–H and O–H groups in total. The molecule has 11 amide bonds. The van der Waals surface area contributed by atoms with Crippen LogP contribution >= 0.6 is 15.9 Å². The van der Waals surface area contributed by atoms with Crippen molar-refractivity contribution in [1.82, 2.24) is 55.6 Å². The van der Waals surface area contributed by atoms with Gasteiger partial charge in [-0.1, -0.05) is 125 Å². The Labute approximate surface area is 529 Å². The molecule has 1 aliphatic heterocycles. The van der Waals surface area contributed by atoms with Crippen molar-refractivity contribution >= 4 is 80.9 Å². The first-order valence-electron chi connectivity index (χ1n) is 31.2. The number of aliphatic hydroxyl groups excluding tert-OH is 1. The smallest absolute Gasteiger partial charge is 0.246 e. The van der Waals surface area contributed by atoms with Gasteiger partial charge in [0.1, 0.15) is 60.4 Å². The largest absolute Gasteiger partial charge is 0.390 e. The molecule has 12 atom stereocenters. The molecular formula is C63H112BrN11O12. The lowest BCUT2D eigenvalue weighted by Crippen LogP contribution is -2.63. The predicted molar refractivity (Wildman–Crippen MR) is 341 cm³/mol. The van der Waals surface area contributed by atoms with Gasteiger partial charge in [-0.2, -0.15) is 0 Å². The van der Waals surface area contributed by atoms with Crippen LogP contribution in [0, 0.1) is 41.4 Å². The van der Waals surface area contributed by atoms with E-state index in [1.165, 1.54) is 87.7 Å². The van der Waals surface area contributed by atoms with Gasteiger partial charge in [-0.15, -0.1) is 0 Å². The molecule has 498 valence electrons. The number of rotatable bonds is 17. The fourth-order valence-corrected chi connectivity index (χ4v) is 11.1. The van der Waals surface area contributed by atoms with Crippen LogP contribution in [0.25, 0.3) is 0 Å². The van der Waals surface area contributed by atoms with Crippen molar-refractivity contribution in [2.24, 2.45) is 41.4 Å². The molecule has 0 bridgehead atoms. The first-order chi connectivity index (χ1) is 40.2. The van der Waals surface area contributed by atoms with Crippen LogP contribution in [0.15, 0.2) is 12.2 Å². The normalized spacial score (nSPS) is 26.6. The highest BCUT2D eigenvalue weighted by Gasteiger charge is 2.45. The molecule has 0 aromatic carbocycles. The van der Waals surface area contributed by atoms with Gasteiger partial charge in [-0.05, 0) is 100 Å². The minimum atomic E-state index is -1.62. The summed E-state index contributed by atoms with van der Waals surface area (Å²) in [4.78, 5) is 169. The second-order valence-electron chi connectivity index (χ2n) is 26.5. The van der Waals surface area contributed by atoms with Crippen molar-refractivity contribution < 1.29 is 57.8 Å². The van der Waals surface area contributed by atoms with Gasteiger partial charge in [0.25, 0.3) is 0 Å². The van der Waals surface area contributed by atoms with E-state index in [1.54, 1.807) is 41.5 Å². The van der Waals surface area contributed by atoms with Crippen LogP contribution in [-0.4, -0.2) is 232 Å². The Morgan fingerprint density at radius 1 is 0.471 bits per heavy atom. The Kier molecular flexibility index (Phi) is 33.5. The second kappa shape index (κ2) is 36.7. The fourth-order valence-electron chi connectivity index (χ4n) is 10.8. The number of allylic oxidation sites excluding steroid dienone is 2. The van der Waals surface area contributed by atoms with Crippen molar-refractivity contribution in [3.05, 3.63) is 12.2 Å². The lowest BCUT2D eigenvalue weighted by molar-refractivity contribution is -0.157. The monoisotopic (exact) mass is 1290 g/mol. The quantitative estimate of drug-likeness (QED) is 0.102. The van der Waals surface area contributed by atoms with Gasteiger partial charge in [-0.25, -0.2) is 0 Å². The topological polar surface area (TPSA) is 279 Å². The maximum atomic E-state index is 15.2. The molecule has 0 aliphatic carbocycles. The first-order valence-corrected chi connectivity index (χ1v) is 32.3. The van der Waals surface area contributed by atoms with Gasteiger partial charge in [-0.3, -0.25) is 52.7 Å². The second-order valence-corrected chi connectivity index (χ2v) is 27.3. The van der Waals surface area contributed by atoms with Crippen LogP contribution in [0.1, 0.15) is 156 Å². The van der Waals surface area contributed by atoms with Crippen LogP contribution in [-0.2, 0) is 52.7 Å². The van der Waals surface area contributed by atoms with Crippen LogP contribution in [0.3, 0.4) is 0 Å². The van der Waals surface area contributed by atoms with Crippen molar-refractivity contribution in [2.45, 2.75) is 222 Å². The van der Waals surface area contributed by atoms with Gasteiger partial charge < -0.3 is 60.7 Å². The minimum absolute atomic E-state index is 0.0196. The van der Waals surface area contributed by atoms with Gasteiger partial charge in [0, 0.05) is 54.7 Å². The third-order valence-corrected chi connectivity index (χ3v) is 16.7. The zero-order valence-electron chi connectivity index (χ0n) is 56.9. The summed E-state index contributed by atoms with van der Waals surface area (Å²) in [6.45, 7) is 27.6. The van der Waals surface area contributed by atoms with Crippen molar-refractivity contribution in [3.63, 3.8) is 0 Å². The number of carbonyl (C=O) groups is 11. The predicted octanol–water partition coefficient (Wildman–Crippen LogP) is 4.03. The van der Waals surface area contributed by atoms with E-state index in [2.05, 4.69) is 37.2 Å². The molecule has 87 heavy (non-hydrogen) atoms. The number of nitrogens with one attached hydrogen (secondary N) is 4. The van der Waals surface area contributed by atoms with E-state index in [9.17, 15) is 48.3 Å². The minimum Gasteiger partial charge on any atom is -0.390 e. The first kappa shape index (κ1) is 79.4. The maximum Gasteiger partial charge on any atom is 0.246 e. The Bertz CT molecular complexity index is 2370. The van der Waals surface area contributed by atoms with Gasteiger partial charge >= 0.3 is 0 Å². The summed E-state index contributed by atoms with van der Waals surface area (Å²) in [5, 5.41) is 23.9. The highest BCUT2D eigenvalue weighted by Crippen LogP contribution is 2.26. The van der Waals surface area contributed by atoms with Crippen molar-refractivity contribution in [2.75, 3.05) is 61.2 Å². The average Bonchev–Trinajstić information content (AvgIpc) is 1.87. The highest BCUT2D eigenvalue weighted by atomic mass is 79.9. The van der Waals surface area contributed by atoms with E-state index < -0.39 is 156 Å². The molecule has 1 saturated heterocycles. The number of aliphatic hydroxyl groups is 1. The van der Waals surface area contributed by atoms with E-state index >= 15 is 9.59 Å².